The van der Waals surface area contributed by atoms with E-state index in [2.05, 4.69) is 4.72 Å². The fourth-order valence-corrected chi connectivity index (χ4v) is 1.14. The van der Waals surface area contributed by atoms with Gasteiger partial charge in [-0.2, -0.15) is 0 Å². The predicted octanol–water partition coefficient (Wildman–Crippen LogP) is 0.334. The Kier molecular flexibility index (Phi) is 2.99. The van der Waals surface area contributed by atoms with Crippen LogP contribution in [0.3, 0.4) is 0 Å². The Hall–Kier alpha value is -1.40. The van der Waals surface area contributed by atoms with E-state index in [-0.39, 0.29) is 0 Å². The van der Waals surface area contributed by atoms with Crippen molar-refractivity contribution in [1.29, 1.82) is 0 Å². The molecule has 1 amide bonds. The van der Waals surface area contributed by atoms with Crippen molar-refractivity contribution < 1.29 is 13.6 Å². The van der Waals surface area contributed by atoms with E-state index in [0.29, 0.717) is 11.3 Å². The van der Waals surface area contributed by atoms with E-state index >= 15 is 0 Å². The summed E-state index contributed by atoms with van der Waals surface area (Å²) in [6.45, 7) is 0. The summed E-state index contributed by atoms with van der Waals surface area (Å²) in [6, 6.07) is 5.93. The lowest BCUT2D eigenvalue weighted by molar-refractivity contribution is 0.100. The van der Waals surface area contributed by atoms with Gasteiger partial charge in [0.05, 0.1) is 0 Å². The summed E-state index contributed by atoms with van der Waals surface area (Å²) in [6.07, 6.45) is 0. The van der Waals surface area contributed by atoms with Gasteiger partial charge < -0.3 is 5.73 Å². The first-order valence-corrected chi connectivity index (χ1v) is 4.47. The maximum absolute atomic E-state index is 10.6. The number of hydrogen-bond donors (Lipinski definition) is 3. The molecule has 1 atom stereocenters. The summed E-state index contributed by atoms with van der Waals surface area (Å²) in [5.74, 6) is -0.531. The molecule has 0 aliphatic carbocycles. The zero-order valence-corrected chi connectivity index (χ0v) is 7.38. The average Bonchev–Trinajstić information content (AvgIpc) is 2.04. The van der Waals surface area contributed by atoms with Crippen LogP contribution in [0.15, 0.2) is 24.3 Å². The number of rotatable bonds is 3. The molecule has 0 radical (unpaired) electrons. The van der Waals surface area contributed by atoms with Gasteiger partial charge in [0, 0.05) is 11.3 Å². The lowest BCUT2D eigenvalue weighted by atomic mass is 10.2. The van der Waals surface area contributed by atoms with E-state index in [9.17, 15) is 9.00 Å². The van der Waals surface area contributed by atoms with Crippen LogP contribution in [-0.4, -0.2) is 14.7 Å². The summed E-state index contributed by atoms with van der Waals surface area (Å²) < 4.78 is 21.0. The SMILES string of the molecule is NC(=O)c1ccc(NS(=O)O)cc1. The Balaban J connectivity index is 2.81. The van der Waals surface area contributed by atoms with E-state index in [1.54, 1.807) is 0 Å². The van der Waals surface area contributed by atoms with Gasteiger partial charge in [-0.3, -0.25) is 14.1 Å². The topological polar surface area (TPSA) is 92.4 Å². The zero-order chi connectivity index (χ0) is 9.84. The Morgan fingerprint density at radius 2 is 1.92 bits per heavy atom. The molecule has 0 saturated heterocycles. The molecule has 0 spiro atoms. The third-order valence-corrected chi connectivity index (χ3v) is 1.78. The number of nitrogens with two attached hydrogens (primary N) is 1. The summed E-state index contributed by atoms with van der Waals surface area (Å²) in [5.41, 5.74) is 5.80. The summed E-state index contributed by atoms with van der Waals surface area (Å²) in [5, 5.41) is 0. The molecule has 1 aromatic carbocycles. The predicted molar refractivity (Wildman–Crippen MR) is 49.4 cm³/mol. The van der Waals surface area contributed by atoms with E-state index < -0.39 is 17.2 Å². The molecule has 0 heterocycles. The number of amides is 1. The summed E-state index contributed by atoms with van der Waals surface area (Å²) in [7, 11) is 0. The minimum absolute atomic E-state index is 0.356. The highest BCUT2D eigenvalue weighted by molar-refractivity contribution is 7.80. The number of nitrogens with one attached hydrogen (secondary N) is 1. The van der Waals surface area contributed by atoms with Crippen LogP contribution < -0.4 is 10.5 Å². The smallest absolute Gasteiger partial charge is 0.259 e. The van der Waals surface area contributed by atoms with Crippen LogP contribution in [0.1, 0.15) is 10.4 Å². The molecule has 4 N–H and O–H groups in total. The number of primary amides is 1. The largest absolute Gasteiger partial charge is 0.366 e. The second-order valence-electron chi connectivity index (χ2n) is 2.29. The van der Waals surface area contributed by atoms with Gasteiger partial charge in [0.1, 0.15) is 0 Å². The molecule has 13 heavy (non-hydrogen) atoms. The summed E-state index contributed by atoms with van der Waals surface area (Å²) in [4.78, 5) is 10.6. The Bertz CT molecular complexity index is 336. The van der Waals surface area contributed by atoms with Crippen LogP contribution in [0.4, 0.5) is 5.69 Å². The van der Waals surface area contributed by atoms with Crippen molar-refractivity contribution >= 4 is 22.9 Å². The highest BCUT2D eigenvalue weighted by Crippen LogP contribution is 2.08. The van der Waals surface area contributed by atoms with Crippen LogP contribution in [0.2, 0.25) is 0 Å². The Morgan fingerprint density at radius 3 is 2.31 bits per heavy atom. The molecule has 6 heteroatoms. The van der Waals surface area contributed by atoms with Gasteiger partial charge in [0.25, 0.3) is 11.3 Å². The monoisotopic (exact) mass is 200 g/mol. The first-order chi connectivity index (χ1) is 6.09. The lowest BCUT2D eigenvalue weighted by Gasteiger charge is -2.00. The molecule has 0 bridgehead atoms. The van der Waals surface area contributed by atoms with Crippen molar-refractivity contribution in [2.75, 3.05) is 4.72 Å². The van der Waals surface area contributed by atoms with Gasteiger partial charge in [0.2, 0.25) is 5.91 Å². The standard InChI is InChI=1S/C7H8N2O3S/c8-7(10)5-1-3-6(4-2-5)9-13(11)12/h1-4,9H,(H2,8,10)(H,11,12). The highest BCUT2D eigenvalue weighted by atomic mass is 32.2. The van der Waals surface area contributed by atoms with Gasteiger partial charge in [-0.25, -0.2) is 4.21 Å². The molecule has 0 saturated carbocycles. The fraction of sp³-hybridized carbons (Fsp3) is 0. The number of hydrogen-bond acceptors (Lipinski definition) is 2. The van der Waals surface area contributed by atoms with E-state index in [4.69, 9.17) is 10.3 Å². The molecule has 1 rings (SSSR count). The van der Waals surface area contributed by atoms with E-state index in [1.807, 2.05) is 0 Å². The molecule has 1 unspecified atom stereocenters. The minimum Gasteiger partial charge on any atom is -0.366 e. The molecule has 0 aliphatic heterocycles. The number of carbonyl (C=O) groups excluding carboxylic acids is 1. The van der Waals surface area contributed by atoms with Crippen LogP contribution in [0.25, 0.3) is 0 Å². The number of benzene rings is 1. The molecule has 70 valence electrons. The van der Waals surface area contributed by atoms with Crippen LogP contribution in [0.5, 0.6) is 0 Å². The second kappa shape index (κ2) is 4.01. The third-order valence-electron chi connectivity index (χ3n) is 1.37. The molecule has 5 nitrogen and oxygen atoms in total. The normalized spacial score (nSPS) is 12.1. The van der Waals surface area contributed by atoms with Gasteiger partial charge in [-0.15, -0.1) is 0 Å². The van der Waals surface area contributed by atoms with Crippen molar-refractivity contribution in [1.82, 2.24) is 0 Å². The van der Waals surface area contributed by atoms with Gasteiger partial charge in [-0.05, 0) is 24.3 Å². The minimum atomic E-state index is -2.10. The summed E-state index contributed by atoms with van der Waals surface area (Å²) >= 11 is -2.10. The number of carbonyl (C=O) groups is 1. The first kappa shape index (κ1) is 9.69. The number of anilines is 1. The average molecular weight is 200 g/mol. The van der Waals surface area contributed by atoms with Crippen LogP contribution >= 0.6 is 0 Å². The quantitative estimate of drug-likeness (QED) is 0.614. The van der Waals surface area contributed by atoms with Crippen molar-refractivity contribution in [3.8, 4) is 0 Å². The zero-order valence-electron chi connectivity index (χ0n) is 6.56. The van der Waals surface area contributed by atoms with Gasteiger partial charge >= 0.3 is 0 Å². The van der Waals surface area contributed by atoms with Crippen molar-refractivity contribution in [3.05, 3.63) is 29.8 Å². The third kappa shape index (κ3) is 2.85. The van der Waals surface area contributed by atoms with Crippen molar-refractivity contribution in [3.63, 3.8) is 0 Å². The van der Waals surface area contributed by atoms with Gasteiger partial charge in [0.15, 0.2) is 0 Å². The van der Waals surface area contributed by atoms with Crippen molar-refractivity contribution in [2.45, 2.75) is 0 Å². The molecule has 0 aliphatic rings. The first-order valence-electron chi connectivity index (χ1n) is 3.37. The maximum atomic E-state index is 10.6. The van der Waals surface area contributed by atoms with Gasteiger partial charge in [-0.1, -0.05) is 0 Å². The van der Waals surface area contributed by atoms with E-state index in [0.717, 1.165) is 0 Å². The molecule has 1 aromatic rings. The molecular weight excluding hydrogens is 192 g/mol. The van der Waals surface area contributed by atoms with Crippen molar-refractivity contribution in [2.24, 2.45) is 5.73 Å². The molecular formula is C7H8N2O3S. The molecule has 0 fully saturated rings. The lowest BCUT2D eigenvalue weighted by Crippen LogP contribution is -2.10. The second-order valence-corrected chi connectivity index (χ2v) is 3.00. The van der Waals surface area contributed by atoms with E-state index in [1.165, 1.54) is 24.3 Å². The Labute approximate surface area is 77.4 Å². The maximum Gasteiger partial charge on any atom is 0.259 e. The Morgan fingerprint density at radius 1 is 1.38 bits per heavy atom. The van der Waals surface area contributed by atoms with Crippen LogP contribution in [-0.2, 0) is 11.3 Å². The van der Waals surface area contributed by atoms with Crippen LogP contribution in [0, 0.1) is 0 Å². The molecule has 0 aromatic heterocycles. The fourth-order valence-electron chi connectivity index (χ4n) is 0.803. The highest BCUT2D eigenvalue weighted by Gasteiger charge is 1.99.